The number of amides is 1. The van der Waals surface area contributed by atoms with Crippen LogP contribution in [0.2, 0.25) is 0 Å². The van der Waals surface area contributed by atoms with Crippen LogP contribution in [-0.4, -0.2) is 42.7 Å². The van der Waals surface area contributed by atoms with E-state index in [-0.39, 0.29) is 11.7 Å². The third kappa shape index (κ3) is 5.70. The maximum atomic E-state index is 13.6. The van der Waals surface area contributed by atoms with Crippen molar-refractivity contribution in [1.29, 1.82) is 0 Å². The van der Waals surface area contributed by atoms with E-state index in [1.807, 2.05) is 46.0 Å². The number of nitrogens with zero attached hydrogens (tertiary/aromatic N) is 2. The molecule has 0 aliphatic rings. The number of methoxy groups -OCH3 is 2. The van der Waals surface area contributed by atoms with E-state index in [9.17, 15) is 9.18 Å². The predicted octanol–water partition coefficient (Wildman–Crippen LogP) is 4.36. The fraction of sp³-hybridized carbons (Fsp3) is 0.292. The molecule has 0 saturated carbocycles. The second-order valence-electron chi connectivity index (χ2n) is 7.06. The van der Waals surface area contributed by atoms with Gasteiger partial charge in [0.15, 0.2) is 0 Å². The number of rotatable bonds is 10. The summed E-state index contributed by atoms with van der Waals surface area (Å²) < 4.78 is 26.0. The van der Waals surface area contributed by atoms with Gasteiger partial charge in [0.1, 0.15) is 11.6 Å². The van der Waals surface area contributed by atoms with Gasteiger partial charge in [-0.25, -0.2) is 4.39 Å². The molecule has 0 fully saturated rings. The number of carbonyl (C=O) groups is 1. The maximum absolute atomic E-state index is 13.6. The van der Waals surface area contributed by atoms with Crippen LogP contribution in [0.4, 0.5) is 4.39 Å². The molecule has 0 aliphatic carbocycles. The molecule has 3 aromatic rings. The molecule has 0 atom stereocenters. The molecular weight excluding hydrogens is 383 g/mol. The molecule has 1 amide bonds. The first kappa shape index (κ1) is 21.6. The number of benzene rings is 2. The molecule has 1 aromatic heterocycles. The Morgan fingerprint density at radius 2 is 1.90 bits per heavy atom. The minimum absolute atomic E-state index is 0.0662. The van der Waals surface area contributed by atoms with Crippen LogP contribution in [0.15, 0.2) is 66.9 Å². The highest BCUT2D eigenvalue weighted by Gasteiger charge is 2.18. The van der Waals surface area contributed by atoms with Crippen molar-refractivity contribution >= 4 is 5.91 Å². The lowest BCUT2D eigenvalue weighted by molar-refractivity contribution is 0.0719. The monoisotopic (exact) mass is 410 g/mol. The fourth-order valence-electron chi connectivity index (χ4n) is 3.37. The quantitative estimate of drug-likeness (QED) is 0.467. The molecule has 0 saturated heterocycles. The minimum Gasteiger partial charge on any atom is -0.497 e. The van der Waals surface area contributed by atoms with Crippen molar-refractivity contribution < 1.29 is 18.7 Å². The van der Waals surface area contributed by atoms with E-state index in [2.05, 4.69) is 0 Å². The van der Waals surface area contributed by atoms with Crippen LogP contribution >= 0.6 is 0 Å². The lowest BCUT2D eigenvalue weighted by Crippen LogP contribution is -2.33. The van der Waals surface area contributed by atoms with E-state index >= 15 is 0 Å². The summed E-state index contributed by atoms with van der Waals surface area (Å²) in [5.41, 5.74) is 2.43. The predicted molar refractivity (Wildman–Crippen MR) is 114 cm³/mol. The minimum atomic E-state index is -0.254. The van der Waals surface area contributed by atoms with Gasteiger partial charge in [-0.15, -0.1) is 0 Å². The van der Waals surface area contributed by atoms with E-state index in [1.54, 1.807) is 32.4 Å². The van der Waals surface area contributed by atoms with Crippen LogP contribution in [0.1, 0.15) is 28.0 Å². The van der Waals surface area contributed by atoms with Gasteiger partial charge < -0.3 is 18.9 Å². The van der Waals surface area contributed by atoms with Crippen LogP contribution < -0.4 is 4.74 Å². The molecule has 1 heterocycles. The molecule has 0 bridgehead atoms. The lowest BCUT2D eigenvalue weighted by atomic mass is 10.1. The topological polar surface area (TPSA) is 43.7 Å². The van der Waals surface area contributed by atoms with Gasteiger partial charge in [-0.3, -0.25) is 4.79 Å². The van der Waals surface area contributed by atoms with Crippen molar-refractivity contribution in [3.05, 3.63) is 89.5 Å². The van der Waals surface area contributed by atoms with Crippen LogP contribution in [0.5, 0.6) is 5.75 Å². The third-order valence-corrected chi connectivity index (χ3v) is 4.90. The molecule has 30 heavy (non-hydrogen) atoms. The van der Waals surface area contributed by atoms with Gasteiger partial charge in [-0.05, 0) is 54.4 Å². The van der Waals surface area contributed by atoms with Crippen molar-refractivity contribution in [1.82, 2.24) is 9.47 Å². The summed E-state index contributed by atoms with van der Waals surface area (Å²) in [4.78, 5) is 15.0. The normalized spacial score (nSPS) is 10.8. The molecule has 5 nitrogen and oxygen atoms in total. The highest BCUT2D eigenvalue weighted by molar-refractivity contribution is 5.94. The van der Waals surface area contributed by atoms with E-state index in [1.165, 1.54) is 12.1 Å². The molecule has 0 N–H and O–H groups in total. The van der Waals surface area contributed by atoms with Crippen LogP contribution in [0, 0.1) is 5.82 Å². The Morgan fingerprint density at radius 1 is 1.07 bits per heavy atom. The average molecular weight is 410 g/mol. The van der Waals surface area contributed by atoms with Crippen LogP contribution in [0.3, 0.4) is 0 Å². The number of hydrogen-bond donors (Lipinski definition) is 0. The summed E-state index contributed by atoms with van der Waals surface area (Å²) in [6, 6.07) is 17.7. The summed E-state index contributed by atoms with van der Waals surface area (Å²) in [5.74, 6) is 0.325. The van der Waals surface area contributed by atoms with Gasteiger partial charge in [0.25, 0.3) is 5.91 Å². The molecule has 3 rings (SSSR count). The Balaban J connectivity index is 1.80. The largest absolute Gasteiger partial charge is 0.497 e. The number of ether oxygens (including phenoxy) is 2. The maximum Gasteiger partial charge on any atom is 0.254 e. The smallest absolute Gasteiger partial charge is 0.254 e. The van der Waals surface area contributed by atoms with Crippen molar-refractivity contribution in [3.63, 3.8) is 0 Å². The average Bonchev–Trinajstić information content (AvgIpc) is 3.19. The molecule has 0 unspecified atom stereocenters. The molecule has 0 aliphatic heterocycles. The first-order valence-electron chi connectivity index (χ1n) is 9.91. The fourth-order valence-corrected chi connectivity index (χ4v) is 3.37. The summed E-state index contributed by atoms with van der Waals surface area (Å²) in [7, 11) is 3.23. The Hall–Kier alpha value is -3.12. The van der Waals surface area contributed by atoms with E-state index in [4.69, 9.17) is 9.47 Å². The Bertz CT molecular complexity index is 970. The van der Waals surface area contributed by atoms with Gasteiger partial charge in [-0.1, -0.05) is 18.2 Å². The molecule has 2 aromatic carbocycles. The van der Waals surface area contributed by atoms with Crippen molar-refractivity contribution in [2.45, 2.75) is 19.5 Å². The highest BCUT2D eigenvalue weighted by Crippen LogP contribution is 2.17. The Labute approximate surface area is 176 Å². The van der Waals surface area contributed by atoms with Crippen molar-refractivity contribution in [3.8, 4) is 5.75 Å². The standard InChI is InChI=1S/C24H27FN2O3/c1-29-14-6-13-27(24(28)20-8-4-11-23(16-20)30-2)18-22-10-5-12-26(22)17-19-7-3-9-21(25)15-19/h3-5,7-12,15-16H,6,13-14,17-18H2,1-2H3. The summed E-state index contributed by atoms with van der Waals surface area (Å²) in [6.45, 7) is 2.13. The number of hydrogen-bond acceptors (Lipinski definition) is 3. The molecule has 158 valence electrons. The number of carbonyl (C=O) groups excluding carboxylic acids is 1. The molecule has 0 spiro atoms. The molecule has 0 radical (unpaired) electrons. The van der Waals surface area contributed by atoms with Gasteiger partial charge in [0, 0.05) is 44.3 Å². The lowest BCUT2D eigenvalue weighted by Gasteiger charge is -2.24. The van der Waals surface area contributed by atoms with Gasteiger partial charge in [0.05, 0.1) is 13.7 Å². The third-order valence-electron chi connectivity index (χ3n) is 4.90. The zero-order chi connectivity index (χ0) is 21.3. The zero-order valence-corrected chi connectivity index (χ0v) is 17.4. The number of aromatic nitrogens is 1. The summed E-state index contributed by atoms with van der Waals surface area (Å²) in [6.07, 6.45) is 2.68. The van der Waals surface area contributed by atoms with Gasteiger partial charge in [-0.2, -0.15) is 0 Å². The number of halogens is 1. The highest BCUT2D eigenvalue weighted by atomic mass is 19.1. The second kappa shape index (κ2) is 10.6. The molecule has 6 heteroatoms. The van der Waals surface area contributed by atoms with Gasteiger partial charge >= 0.3 is 0 Å². The molecular formula is C24H27FN2O3. The van der Waals surface area contributed by atoms with E-state index in [0.717, 1.165) is 17.7 Å². The van der Waals surface area contributed by atoms with Gasteiger partial charge in [0.2, 0.25) is 0 Å². The summed E-state index contributed by atoms with van der Waals surface area (Å²) >= 11 is 0. The summed E-state index contributed by atoms with van der Waals surface area (Å²) in [5, 5.41) is 0. The first-order chi connectivity index (χ1) is 14.6. The van der Waals surface area contributed by atoms with E-state index in [0.29, 0.717) is 37.6 Å². The Kier molecular flexibility index (Phi) is 7.63. The Morgan fingerprint density at radius 3 is 2.67 bits per heavy atom. The van der Waals surface area contributed by atoms with E-state index < -0.39 is 0 Å². The van der Waals surface area contributed by atoms with Crippen molar-refractivity contribution in [2.75, 3.05) is 27.4 Å². The SMILES string of the molecule is COCCCN(Cc1cccn1Cc1cccc(F)c1)C(=O)c1cccc(OC)c1. The zero-order valence-electron chi connectivity index (χ0n) is 17.4. The second-order valence-corrected chi connectivity index (χ2v) is 7.06. The van der Waals surface area contributed by atoms with Crippen LogP contribution in [-0.2, 0) is 17.8 Å². The first-order valence-corrected chi connectivity index (χ1v) is 9.91. The van der Waals surface area contributed by atoms with Crippen LogP contribution in [0.25, 0.3) is 0 Å². The van der Waals surface area contributed by atoms with Crippen molar-refractivity contribution in [2.24, 2.45) is 0 Å².